The molecule has 11 rings (SSSR count). The maximum Gasteiger partial charge on any atom is 0.354 e. The number of carbonyl (C=O) groups is 4. The maximum absolute atomic E-state index is 13.6. The van der Waals surface area contributed by atoms with E-state index in [0.717, 1.165) is 96.3 Å². The molecule has 7 aromatic rings. The van der Waals surface area contributed by atoms with Gasteiger partial charge in [0.2, 0.25) is 11.8 Å². The van der Waals surface area contributed by atoms with E-state index in [1.54, 1.807) is 6.07 Å². The van der Waals surface area contributed by atoms with Crippen molar-refractivity contribution < 1.29 is 29.0 Å². The molecular formula is C56H59N9O6S. The smallest absolute Gasteiger partial charge is 0.354 e. The number of hydrogen-bond donors (Lipinski definition) is 3. The van der Waals surface area contributed by atoms with Gasteiger partial charge in [-0.3, -0.25) is 29.7 Å². The normalized spacial score (nSPS) is 18.1. The number of fused-ring (bicyclic) bond motifs is 3. The van der Waals surface area contributed by atoms with Crippen molar-refractivity contribution in [1.82, 2.24) is 30.0 Å². The van der Waals surface area contributed by atoms with E-state index in [-0.39, 0.29) is 30.0 Å². The van der Waals surface area contributed by atoms with Gasteiger partial charge in [-0.25, -0.2) is 14.8 Å². The molecule has 0 aliphatic carbocycles. The lowest BCUT2D eigenvalue weighted by atomic mass is 9.89. The number of nitrogens with one attached hydrogen (secondary N) is 2. The minimum Gasteiger partial charge on any atom is -0.489 e. The molecule has 0 bridgehead atoms. The average Bonchev–Trinajstić information content (AvgIpc) is 3.96. The van der Waals surface area contributed by atoms with Gasteiger partial charge in [-0.2, -0.15) is 5.10 Å². The van der Waals surface area contributed by atoms with Crippen molar-refractivity contribution in [1.29, 1.82) is 0 Å². The number of carboxylic acids is 1. The zero-order valence-corrected chi connectivity index (χ0v) is 41.3. The second kappa shape index (κ2) is 20.5. The fourth-order valence-electron chi connectivity index (χ4n) is 11.2. The third-order valence-corrected chi connectivity index (χ3v) is 16.2. The SMILES string of the molecule is Cn1nc(C2CCC(=O)NC2=O)c2ccc(N3CCC(CN4CCC(CCc5cccc(OCc6ccc(N7CCc8cccc(C(=O)Nc9nc%10ccccc%10s9)c8C7)nc6C(=O)O)c5)CC4)CC3)cc21. The molecule has 72 heavy (non-hydrogen) atoms. The molecule has 15 nitrogen and oxygen atoms in total. The van der Waals surface area contributed by atoms with Crippen LogP contribution in [0.5, 0.6) is 5.75 Å². The van der Waals surface area contributed by atoms with Crippen LogP contribution in [0.2, 0.25) is 0 Å². The number of carbonyl (C=O) groups excluding carboxylic acids is 3. The highest BCUT2D eigenvalue weighted by Crippen LogP contribution is 2.35. The molecule has 0 saturated carbocycles. The Morgan fingerprint density at radius 1 is 0.833 bits per heavy atom. The molecule has 3 aromatic heterocycles. The second-order valence-corrected chi connectivity index (χ2v) is 20.9. The van der Waals surface area contributed by atoms with Gasteiger partial charge in [-0.15, -0.1) is 0 Å². The molecule has 1 atom stereocenters. The summed E-state index contributed by atoms with van der Waals surface area (Å²) in [7, 11) is 1.93. The summed E-state index contributed by atoms with van der Waals surface area (Å²) in [4.78, 5) is 66.9. The zero-order valence-electron chi connectivity index (χ0n) is 40.5. The van der Waals surface area contributed by atoms with Crippen molar-refractivity contribution in [3.8, 4) is 5.75 Å². The van der Waals surface area contributed by atoms with Crippen LogP contribution in [-0.2, 0) is 42.6 Å². The van der Waals surface area contributed by atoms with E-state index in [1.807, 2.05) is 77.3 Å². The van der Waals surface area contributed by atoms with E-state index in [2.05, 4.69) is 60.7 Å². The highest BCUT2D eigenvalue weighted by molar-refractivity contribution is 7.22. The first-order chi connectivity index (χ1) is 35.1. The molecule has 4 aliphatic rings. The molecule has 3 saturated heterocycles. The number of rotatable bonds is 14. The standard InChI is InChI=1S/C56H59N9O6S/c1-62-47-31-40(15-16-43(47)52(61-62)44-17-19-50(66)59-54(44)68)64-27-22-37(23-28-64)32-63-25-20-35(21-26-63)12-13-36-6-4-8-41(30-36)71-34-39-14-18-49(58-51(39)55(69)70)65-29-24-38-7-5-9-42(45(38)33-65)53(67)60-56-57-46-10-2-3-11-48(46)72-56/h2-11,14-16,18,30-31,35,37,44H,12-13,17,19-29,32-34H2,1H3,(H,69,70)(H,57,60,67)(H,59,66,68). The number of hydrogen-bond acceptors (Lipinski definition) is 12. The number of likely N-dealkylation sites (tertiary alicyclic amines) is 1. The van der Waals surface area contributed by atoms with E-state index >= 15 is 0 Å². The number of ether oxygens (including phenoxy) is 1. The number of aromatic carboxylic acids is 1. The summed E-state index contributed by atoms with van der Waals surface area (Å²) in [5.41, 5.74) is 8.00. The number of para-hydroxylation sites is 1. The van der Waals surface area contributed by atoms with Crippen molar-refractivity contribution in [2.75, 3.05) is 54.4 Å². The third-order valence-electron chi connectivity index (χ3n) is 15.3. The first-order valence-corrected chi connectivity index (χ1v) is 26.2. The van der Waals surface area contributed by atoms with Crippen LogP contribution in [0.3, 0.4) is 0 Å². The average molecular weight is 986 g/mol. The Balaban J connectivity index is 0.635. The number of imide groups is 1. The van der Waals surface area contributed by atoms with Crippen LogP contribution in [0.25, 0.3) is 21.1 Å². The number of nitrogens with zero attached hydrogens (tertiary/aromatic N) is 7. The number of amides is 3. The topological polar surface area (TPSA) is 175 Å². The molecule has 16 heteroatoms. The number of anilines is 3. The minimum atomic E-state index is -1.12. The monoisotopic (exact) mass is 985 g/mol. The largest absolute Gasteiger partial charge is 0.489 e. The number of piperidine rings is 3. The predicted octanol–water partition coefficient (Wildman–Crippen LogP) is 8.75. The Morgan fingerprint density at radius 3 is 2.47 bits per heavy atom. The van der Waals surface area contributed by atoms with E-state index in [0.29, 0.717) is 72.0 Å². The zero-order chi connectivity index (χ0) is 49.3. The van der Waals surface area contributed by atoms with Gasteiger partial charge < -0.3 is 24.5 Å². The number of carboxylic acid groups (broad SMARTS) is 1. The van der Waals surface area contributed by atoms with Gasteiger partial charge in [0.05, 0.1) is 27.3 Å². The molecular weight excluding hydrogens is 927 g/mol. The summed E-state index contributed by atoms with van der Waals surface area (Å²) in [5, 5.41) is 22.0. The molecule has 3 fully saturated rings. The Bertz CT molecular complexity index is 3160. The molecule has 1 unspecified atom stereocenters. The van der Waals surface area contributed by atoms with Gasteiger partial charge in [0.1, 0.15) is 18.2 Å². The molecule has 4 aliphatic heterocycles. The third kappa shape index (κ3) is 10.2. The number of thiazole rings is 1. The lowest BCUT2D eigenvalue weighted by Crippen LogP contribution is -2.41. The maximum atomic E-state index is 13.6. The molecule has 0 spiro atoms. The summed E-state index contributed by atoms with van der Waals surface area (Å²) in [5.74, 6) is 0.385. The Hall–Kier alpha value is -7.17. The summed E-state index contributed by atoms with van der Waals surface area (Å²) in [6.45, 7) is 6.58. The fourth-order valence-corrected chi connectivity index (χ4v) is 12.1. The summed E-state index contributed by atoms with van der Waals surface area (Å²) in [6, 6.07) is 31.8. The minimum absolute atomic E-state index is 0.0447. The van der Waals surface area contributed by atoms with Gasteiger partial charge in [0.25, 0.3) is 5.91 Å². The Morgan fingerprint density at radius 2 is 1.65 bits per heavy atom. The van der Waals surface area contributed by atoms with Crippen molar-refractivity contribution in [2.45, 2.75) is 76.9 Å². The van der Waals surface area contributed by atoms with Gasteiger partial charge >= 0.3 is 5.97 Å². The van der Waals surface area contributed by atoms with Crippen LogP contribution < -0.4 is 25.2 Å². The van der Waals surface area contributed by atoms with Crippen molar-refractivity contribution in [2.24, 2.45) is 18.9 Å². The highest BCUT2D eigenvalue weighted by atomic mass is 32.1. The lowest BCUT2D eigenvalue weighted by molar-refractivity contribution is -0.134. The molecule has 3 amide bonds. The van der Waals surface area contributed by atoms with E-state index in [9.17, 15) is 24.3 Å². The number of aromatic nitrogens is 4. The molecule has 7 heterocycles. The molecule has 370 valence electrons. The molecule has 0 radical (unpaired) electrons. The molecule has 3 N–H and O–H groups in total. The fraction of sp³-hybridized carbons (Fsp3) is 0.375. The number of benzene rings is 4. The van der Waals surface area contributed by atoms with Crippen molar-refractivity contribution >= 4 is 72.8 Å². The van der Waals surface area contributed by atoms with Crippen LogP contribution in [0.4, 0.5) is 16.6 Å². The van der Waals surface area contributed by atoms with E-state index in [4.69, 9.17) is 9.84 Å². The molecule has 4 aromatic carbocycles. The van der Waals surface area contributed by atoms with Gasteiger partial charge in [-0.1, -0.05) is 47.7 Å². The summed E-state index contributed by atoms with van der Waals surface area (Å²) >= 11 is 1.44. The lowest BCUT2D eigenvalue weighted by Gasteiger charge is -2.38. The quantitative estimate of drug-likeness (QED) is 0.0886. The van der Waals surface area contributed by atoms with Gasteiger partial charge in [-0.05, 0) is 154 Å². The van der Waals surface area contributed by atoms with Gasteiger partial charge in [0, 0.05) is 68.4 Å². The van der Waals surface area contributed by atoms with Crippen LogP contribution in [0.15, 0.2) is 97.1 Å². The van der Waals surface area contributed by atoms with Crippen LogP contribution in [-0.4, -0.2) is 92.7 Å². The summed E-state index contributed by atoms with van der Waals surface area (Å²) in [6.07, 6.45) is 8.33. The van der Waals surface area contributed by atoms with E-state index < -0.39 is 11.9 Å². The highest BCUT2D eigenvalue weighted by Gasteiger charge is 2.33. The Labute approximate surface area is 422 Å². The van der Waals surface area contributed by atoms with Crippen LogP contribution in [0, 0.1) is 11.8 Å². The Kier molecular flexibility index (Phi) is 13.4. The van der Waals surface area contributed by atoms with Crippen molar-refractivity contribution in [3.63, 3.8) is 0 Å². The van der Waals surface area contributed by atoms with Crippen LogP contribution >= 0.6 is 11.3 Å². The van der Waals surface area contributed by atoms with Gasteiger partial charge in [0.15, 0.2) is 10.8 Å². The first kappa shape index (κ1) is 47.2. The van der Waals surface area contributed by atoms with Crippen LogP contribution in [0.1, 0.15) is 99.7 Å². The van der Waals surface area contributed by atoms with E-state index in [1.165, 1.54) is 35.4 Å². The van der Waals surface area contributed by atoms with Crippen molar-refractivity contribution in [3.05, 3.63) is 136 Å². The number of pyridine rings is 1. The number of aryl methyl sites for hydroxylation is 2. The first-order valence-electron chi connectivity index (χ1n) is 25.3. The summed E-state index contributed by atoms with van der Waals surface area (Å²) < 4.78 is 9.09. The predicted molar refractivity (Wildman–Crippen MR) is 279 cm³/mol. The second-order valence-electron chi connectivity index (χ2n) is 19.9.